The first kappa shape index (κ1) is 20.7. The Hall–Kier alpha value is -3.55. The Bertz CT molecular complexity index is 1080. The van der Waals surface area contributed by atoms with Gasteiger partial charge in [0.15, 0.2) is 5.82 Å². The zero-order valence-electron chi connectivity index (χ0n) is 17.1. The number of nitrogens with one attached hydrogen (secondary N) is 2. The molecule has 0 unspecified atom stereocenters. The summed E-state index contributed by atoms with van der Waals surface area (Å²) in [5, 5.41) is 13.9. The zero-order chi connectivity index (χ0) is 21.6. The molecule has 1 aromatic heterocycles. The highest BCUT2D eigenvalue weighted by atomic mass is 19.1. The highest BCUT2D eigenvalue weighted by Crippen LogP contribution is 2.27. The van der Waals surface area contributed by atoms with E-state index in [0.717, 1.165) is 38.1 Å². The molecule has 160 valence electrons. The average molecular weight is 421 g/mol. The normalized spacial score (nSPS) is 13.2. The lowest BCUT2D eigenvalue weighted by Gasteiger charge is -2.11. The second-order valence-corrected chi connectivity index (χ2v) is 7.52. The number of anilines is 1. The Morgan fingerprint density at radius 3 is 2.71 bits per heavy atom. The van der Waals surface area contributed by atoms with Gasteiger partial charge < -0.3 is 15.2 Å². The van der Waals surface area contributed by atoms with Crippen molar-refractivity contribution < 1.29 is 14.0 Å². The molecule has 3 aromatic rings. The minimum atomic E-state index is -0.410. The Labute approximate surface area is 179 Å². The predicted octanol–water partition coefficient (Wildman–Crippen LogP) is 3.57. The standard InChI is InChI=1S/C23H24FN5O2/c24-19-11-10-17(15-18(19)22-28-27-20-9-5-2-6-14-29(20)22)26-21(30)12-13-25-23(31)16-7-3-1-4-8-16/h1,3-4,7-8,10-11,15H,2,5-6,9,12-14H2,(H,25,31)(H,26,30). The molecule has 4 rings (SSSR count). The van der Waals surface area contributed by atoms with E-state index in [1.54, 1.807) is 30.3 Å². The number of fused-ring (bicyclic) bond motifs is 1. The van der Waals surface area contributed by atoms with E-state index in [1.807, 2.05) is 10.6 Å². The third-order valence-electron chi connectivity index (χ3n) is 5.27. The van der Waals surface area contributed by atoms with Crippen molar-refractivity contribution >= 4 is 17.5 Å². The van der Waals surface area contributed by atoms with Crippen molar-refractivity contribution in [1.29, 1.82) is 0 Å². The molecule has 8 heteroatoms. The molecule has 7 nitrogen and oxygen atoms in total. The van der Waals surface area contributed by atoms with Crippen molar-refractivity contribution in [2.45, 2.75) is 38.6 Å². The summed E-state index contributed by atoms with van der Waals surface area (Å²) >= 11 is 0. The molecule has 2 amide bonds. The number of hydrogen-bond donors (Lipinski definition) is 2. The van der Waals surface area contributed by atoms with Gasteiger partial charge in [0.05, 0.1) is 5.56 Å². The van der Waals surface area contributed by atoms with Crippen LogP contribution in [0.5, 0.6) is 0 Å². The highest BCUT2D eigenvalue weighted by Gasteiger charge is 2.19. The summed E-state index contributed by atoms with van der Waals surface area (Å²) in [6.45, 7) is 0.958. The van der Waals surface area contributed by atoms with Gasteiger partial charge >= 0.3 is 0 Å². The average Bonchev–Trinajstić information content (AvgIpc) is 3.03. The molecule has 0 fully saturated rings. The van der Waals surface area contributed by atoms with Crippen LogP contribution in [-0.2, 0) is 17.8 Å². The van der Waals surface area contributed by atoms with E-state index in [-0.39, 0.29) is 24.8 Å². The summed E-state index contributed by atoms with van der Waals surface area (Å²) < 4.78 is 16.5. The van der Waals surface area contributed by atoms with Gasteiger partial charge in [-0.25, -0.2) is 4.39 Å². The van der Waals surface area contributed by atoms with Crippen molar-refractivity contribution in [3.8, 4) is 11.4 Å². The molecular weight excluding hydrogens is 397 g/mol. The topological polar surface area (TPSA) is 88.9 Å². The van der Waals surface area contributed by atoms with Crippen LogP contribution in [0.25, 0.3) is 11.4 Å². The summed E-state index contributed by atoms with van der Waals surface area (Å²) in [6, 6.07) is 13.2. The largest absolute Gasteiger partial charge is 0.352 e. The number of hydrogen-bond acceptors (Lipinski definition) is 4. The Balaban J connectivity index is 1.39. The third-order valence-corrected chi connectivity index (χ3v) is 5.27. The molecule has 2 N–H and O–H groups in total. The van der Waals surface area contributed by atoms with Gasteiger partial charge in [0.25, 0.3) is 5.91 Å². The molecule has 0 saturated carbocycles. The van der Waals surface area contributed by atoms with Gasteiger partial charge in [-0.15, -0.1) is 10.2 Å². The summed E-state index contributed by atoms with van der Waals surface area (Å²) in [6.07, 6.45) is 4.11. The first-order valence-corrected chi connectivity index (χ1v) is 10.5. The number of amides is 2. The predicted molar refractivity (Wildman–Crippen MR) is 115 cm³/mol. The summed E-state index contributed by atoms with van der Waals surface area (Å²) in [5.74, 6) is 0.444. The van der Waals surface area contributed by atoms with Crippen LogP contribution in [0.2, 0.25) is 0 Å². The molecule has 31 heavy (non-hydrogen) atoms. The first-order valence-electron chi connectivity index (χ1n) is 10.5. The van der Waals surface area contributed by atoms with Crippen molar-refractivity contribution in [3.63, 3.8) is 0 Å². The Morgan fingerprint density at radius 1 is 1.03 bits per heavy atom. The zero-order valence-corrected chi connectivity index (χ0v) is 17.1. The third kappa shape index (κ3) is 4.96. The van der Waals surface area contributed by atoms with Crippen LogP contribution in [0.15, 0.2) is 48.5 Å². The molecule has 0 spiro atoms. The van der Waals surface area contributed by atoms with E-state index < -0.39 is 5.82 Å². The molecule has 1 aliphatic heterocycles. The van der Waals surface area contributed by atoms with Gasteiger partial charge in [-0.05, 0) is 43.2 Å². The minimum absolute atomic E-state index is 0.103. The fourth-order valence-corrected chi connectivity index (χ4v) is 3.66. The number of carbonyl (C=O) groups excluding carboxylic acids is 2. The van der Waals surface area contributed by atoms with Crippen LogP contribution in [0.4, 0.5) is 10.1 Å². The van der Waals surface area contributed by atoms with Gasteiger partial charge in [-0.1, -0.05) is 24.6 Å². The molecule has 0 bridgehead atoms. The van der Waals surface area contributed by atoms with Crippen LogP contribution in [0.1, 0.15) is 41.9 Å². The number of carbonyl (C=O) groups is 2. The van der Waals surface area contributed by atoms with Crippen LogP contribution >= 0.6 is 0 Å². The van der Waals surface area contributed by atoms with E-state index >= 15 is 0 Å². The quantitative estimate of drug-likeness (QED) is 0.637. The van der Waals surface area contributed by atoms with Crippen LogP contribution in [0, 0.1) is 5.82 Å². The molecule has 0 aliphatic carbocycles. The summed E-state index contributed by atoms with van der Waals surface area (Å²) in [7, 11) is 0. The van der Waals surface area contributed by atoms with Gasteiger partial charge in [-0.2, -0.15) is 0 Å². The molecule has 0 radical (unpaired) electrons. The fraction of sp³-hybridized carbons (Fsp3) is 0.304. The molecule has 2 aromatic carbocycles. The molecular formula is C23H24FN5O2. The van der Waals surface area contributed by atoms with E-state index in [9.17, 15) is 14.0 Å². The maximum atomic E-state index is 14.6. The smallest absolute Gasteiger partial charge is 0.251 e. The van der Waals surface area contributed by atoms with Crippen LogP contribution < -0.4 is 10.6 Å². The summed E-state index contributed by atoms with van der Waals surface area (Å²) in [4.78, 5) is 24.3. The second kappa shape index (κ2) is 9.51. The maximum Gasteiger partial charge on any atom is 0.251 e. The van der Waals surface area contributed by atoms with Crippen molar-refractivity contribution in [2.24, 2.45) is 0 Å². The van der Waals surface area contributed by atoms with Crippen molar-refractivity contribution in [2.75, 3.05) is 11.9 Å². The highest BCUT2D eigenvalue weighted by molar-refractivity contribution is 5.95. The first-order chi connectivity index (χ1) is 15.1. The molecule has 0 atom stereocenters. The van der Waals surface area contributed by atoms with Gasteiger partial charge in [0.2, 0.25) is 5.91 Å². The number of aryl methyl sites for hydroxylation is 1. The van der Waals surface area contributed by atoms with Crippen LogP contribution in [0.3, 0.4) is 0 Å². The molecule has 1 aliphatic rings. The van der Waals surface area contributed by atoms with Crippen LogP contribution in [-0.4, -0.2) is 33.1 Å². The lowest BCUT2D eigenvalue weighted by Crippen LogP contribution is -2.27. The summed E-state index contributed by atoms with van der Waals surface area (Å²) in [5.41, 5.74) is 1.33. The molecule has 2 heterocycles. The van der Waals surface area contributed by atoms with Gasteiger partial charge in [0.1, 0.15) is 11.6 Å². The molecule has 0 saturated heterocycles. The Kier molecular flexibility index (Phi) is 6.35. The number of halogens is 1. The Morgan fingerprint density at radius 2 is 1.87 bits per heavy atom. The monoisotopic (exact) mass is 421 g/mol. The maximum absolute atomic E-state index is 14.6. The lowest BCUT2D eigenvalue weighted by atomic mass is 10.1. The van der Waals surface area contributed by atoms with Gasteiger partial charge in [0, 0.05) is 37.2 Å². The number of rotatable bonds is 6. The van der Waals surface area contributed by atoms with E-state index in [4.69, 9.17) is 0 Å². The van der Waals surface area contributed by atoms with E-state index in [0.29, 0.717) is 22.6 Å². The van der Waals surface area contributed by atoms with E-state index in [2.05, 4.69) is 20.8 Å². The van der Waals surface area contributed by atoms with Gasteiger partial charge in [-0.3, -0.25) is 9.59 Å². The van der Waals surface area contributed by atoms with E-state index in [1.165, 1.54) is 12.1 Å². The SMILES string of the molecule is O=C(CCNC(=O)c1ccccc1)Nc1ccc(F)c(-c2nnc3n2CCCCC3)c1. The minimum Gasteiger partial charge on any atom is -0.352 e. The second-order valence-electron chi connectivity index (χ2n) is 7.52. The number of benzene rings is 2. The lowest BCUT2D eigenvalue weighted by molar-refractivity contribution is -0.116. The number of nitrogens with zero attached hydrogens (tertiary/aromatic N) is 3. The van der Waals surface area contributed by atoms with Crippen molar-refractivity contribution in [1.82, 2.24) is 20.1 Å². The number of aromatic nitrogens is 3. The van der Waals surface area contributed by atoms with Crippen molar-refractivity contribution in [3.05, 3.63) is 65.7 Å². The fourth-order valence-electron chi connectivity index (χ4n) is 3.66.